The van der Waals surface area contributed by atoms with E-state index in [0.29, 0.717) is 12.5 Å². The first-order valence-corrected chi connectivity index (χ1v) is 5.88. The van der Waals surface area contributed by atoms with E-state index in [1.165, 1.54) is 12.8 Å². The van der Waals surface area contributed by atoms with Gasteiger partial charge in [0.25, 0.3) is 0 Å². The molecule has 0 bridgehead atoms. The summed E-state index contributed by atoms with van der Waals surface area (Å²) in [7, 11) is 2.04. The number of amides is 1. The average Bonchev–Trinajstić information content (AvgIpc) is 2.93. The Labute approximate surface area is 91.4 Å². The minimum Gasteiger partial charge on any atom is -0.328 e. The normalized spacial score (nSPS) is 29.9. The van der Waals surface area contributed by atoms with Gasteiger partial charge in [-0.25, -0.2) is 5.01 Å². The van der Waals surface area contributed by atoms with E-state index in [4.69, 9.17) is 5.73 Å². The van der Waals surface area contributed by atoms with Crippen LogP contribution in [0.2, 0.25) is 0 Å². The minimum atomic E-state index is 0.172. The molecular weight excluding hydrogens is 190 g/mol. The summed E-state index contributed by atoms with van der Waals surface area (Å²) in [6.45, 7) is 2.76. The van der Waals surface area contributed by atoms with E-state index >= 15 is 0 Å². The van der Waals surface area contributed by atoms with Gasteiger partial charge in [-0.2, -0.15) is 0 Å². The molecule has 2 fully saturated rings. The predicted molar refractivity (Wildman–Crippen MR) is 58.9 cm³/mol. The molecule has 1 saturated carbocycles. The molecule has 0 radical (unpaired) electrons. The number of nitrogens with two attached hydrogens (primary N) is 1. The summed E-state index contributed by atoms with van der Waals surface area (Å²) in [5, 5.41) is 4.02. The van der Waals surface area contributed by atoms with Crippen LogP contribution in [0.15, 0.2) is 0 Å². The van der Waals surface area contributed by atoms with Crippen molar-refractivity contribution in [3.05, 3.63) is 0 Å². The molecule has 0 aromatic carbocycles. The Balaban J connectivity index is 1.90. The lowest BCUT2D eigenvalue weighted by molar-refractivity contribution is -0.137. The number of rotatable bonds is 4. The molecular formula is C11H21N3O. The van der Waals surface area contributed by atoms with Crippen LogP contribution < -0.4 is 5.73 Å². The Morgan fingerprint density at radius 1 is 1.53 bits per heavy atom. The third kappa shape index (κ3) is 2.32. The van der Waals surface area contributed by atoms with Crippen LogP contribution in [0.3, 0.4) is 0 Å². The Kier molecular flexibility index (Phi) is 2.98. The molecule has 2 aliphatic rings. The van der Waals surface area contributed by atoms with Gasteiger partial charge >= 0.3 is 0 Å². The lowest BCUT2D eigenvalue weighted by Crippen LogP contribution is -2.42. The Hall–Kier alpha value is -0.610. The van der Waals surface area contributed by atoms with Crippen LogP contribution in [-0.4, -0.2) is 41.6 Å². The zero-order valence-corrected chi connectivity index (χ0v) is 9.65. The third-order valence-electron chi connectivity index (χ3n) is 3.49. The largest absolute Gasteiger partial charge is 0.328 e. The Bertz CT molecular complexity index is 250. The fourth-order valence-corrected chi connectivity index (χ4v) is 2.33. The van der Waals surface area contributed by atoms with Crippen molar-refractivity contribution in [2.45, 2.75) is 44.7 Å². The second kappa shape index (κ2) is 4.10. The molecule has 1 heterocycles. The van der Waals surface area contributed by atoms with Gasteiger partial charge in [0.15, 0.2) is 0 Å². The summed E-state index contributed by atoms with van der Waals surface area (Å²) in [4.78, 5) is 11.8. The summed E-state index contributed by atoms with van der Waals surface area (Å²) in [6, 6.07) is 0.636. The molecule has 2 rings (SSSR count). The molecule has 86 valence electrons. The molecule has 1 amide bonds. The fourth-order valence-electron chi connectivity index (χ4n) is 2.33. The van der Waals surface area contributed by atoms with Gasteiger partial charge in [-0.15, -0.1) is 0 Å². The highest BCUT2D eigenvalue weighted by atomic mass is 16.2. The lowest BCUT2D eigenvalue weighted by Gasteiger charge is -2.28. The fraction of sp³-hybridized carbons (Fsp3) is 0.909. The van der Waals surface area contributed by atoms with E-state index in [0.717, 1.165) is 18.9 Å². The molecule has 1 aliphatic carbocycles. The Morgan fingerprint density at radius 3 is 2.73 bits per heavy atom. The predicted octanol–water partition coefficient (Wildman–Crippen LogP) is 0.581. The van der Waals surface area contributed by atoms with Crippen molar-refractivity contribution in [2.24, 2.45) is 11.7 Å². The van der Waals surface area contributed by atoms with Crippen LogP contribution >= 0.6 is 0 Å². The molecule has 0 aromatic rings. The van der Waals surface area contributed by atoms with Crippen LogP contribution in [0.25, 0.3) is 0 Å². The molecule has 4 heteroatoms. The highest BCUT2D eigenvalue weighted by Crippen LogP contribution is 2.39. The number of carbonyl (C=O) groups is 1. The summed E-state index contributed by atoms with van der Waals surface area (Å²) >= 11 is 0. The Morgan fingerprint density at radius 2 is 2.20 bits per heavy atom. The second-order valence-corrected chi connectivity index (χ2v) is 4.97. The van der Waals surface area contributed by atoms with Gasteiger partial charge in [0.1, 0.15) is 0 Å². The molecule has 0 spiro atoms. The molecule has 15 heavy (non-hydrogen) atoms. The molecule has 1 aliphatic heterocycles. The van der Waals surface area contributed by atoms with Gasteiger partial charge in [-0.05, 0) is 32.1 Å². The number of nitrogens with zero attached hydrogens (tertiary/aromatic N) is 2. The van der Waals surface area contributed by atoms with E-state index in [9.17, 15) is 4.79 Å². The number of hydrogen-bond donors (Lipinski definition) is 1. The van der Waals surface area contributed by atoms with Crippen LogP contribution in [0.1, 0.15) is 32.6 Å². The maximum Gasteiger partial charge on any atom is 0.238 e. The summed E-state index contributed by atoms with van der Waals surface area (Å²) < 4.78 is 0. The number of carbonyl (C=O) groups excluding carboxylic acids is 1. The standard InChI is InChI=1S/C11H21N3O/c1-8(12)5-6-14-11(15)7-10(13(14)2)9-3-4-9/h8-10H,3-7,12H2,1-2H3. The first-order chi connectivity index (χ1) is 7.09. The van der Waals surface area contributed by atoms with E-state index in [1.807, 2.05) is 19.0 Å². The van der Waals surface area contributed by atoms with Crippen molar-refractivity contribution in [3.63, 3.8) is 0 Å². The molecule has 0 aromatic heterocycles. The molecule has 4 nitrogen and oxygen atoms in total. The van der Waals surface area contributed by atoms with Crippen molar-refractivity contribution in [1.29, 1.82) is 0 Å². The average molecular weight is 211 g/mol. The van der Waals surface area contributed by atoms with Crippen LogP contribution in [-0.2, 0) is 4.79 Å². The van der Waals surface area contributed by atoms with Crippen molar-refractivity contribution in [2.75, 3.05) is 13.6 Å². The zero-order valence-electron chi connectivity index (χ0n) is 9.65. The monoisotopic (exact) mass is 211 g/mol. The van der Waals surface area contributed by atoms with Crippen LogP contribution in [0.5, 0.6) is 0 Å². The first-order valence-electron chi connectivity index (χ1n) is 5.88. The van der Waals surface area contributed by atoms with Crippen LogP contribution in [0, 0.1) is 5.92 Å². The summed E-state index contributed by atoms with van der Waals surface area (Å²) in [5.74, 6) is 1.04. The highest BCUT2D eigenvalue weighted by molar-refractivity contribution is 5.78. The SMILES string of the molecule is CC(N)CCN1C(=O)CC(C2CC2)N1C. The summed E-state index contributed by atoms with van der Waals surface area (Å²) in [6.07, 6.45) is 4.18. The highest BCUT2D eigenvalue weighted by Gasteiger charge is 2.43. The van der Waals surface area contributed by atoms with Crippen molar-refractivity contribution in [1.82, 2.24) is 10.0 Å². The molecule has 2 unspecified atom stereocenters. The van der Waals surface area contributed by atoms with E-state index in [2.05, 4.69) is 5.01 Å². The zero-order chi connectivity index (χ0) is 11.0. The molecule has 2 atom stereocenters. The van der Waals surface area contributed by atoms with Gasteiger partial charge in [-0.1, -0.05) is 0 Å². The van der Waals surface area contributed by atoms with Gasteiger partial charge in [-0.3, -0.25) is 9.80 Å². The maximum absolute atomic E-state index is 11.8. The second-order valence-electron chi connectivity index (χ2n) is 4.97. The number of hydrogen-bond acceptors (Lipinski definition) is 3. The van der Waals surface area contributed by atoms with E-state index in [1.54, 1.807) is 0 Å². The summed E-state index contributed by atoms with van der Waals surface area (Å²) in [5.41, 5.74) is 5.71. The third-order valence-corrected chi connectivity index (χ3v) is 3.49. The van der Waals surface area contributed by atoms with Crippen LogP contribution in [0.4, 0.5) is 0 Å². The molecule has 1 saturated heterocycles. The quantitative estimate of drug-likeness (QED) is 0.740. The number of hydrazine groups is 1. The van der Waals surface area contributed by atoms with Gasteiger partial charge in [0.05, 0.1) is 0 Å². The first kappa shape index (κ1) is 10.9. The lowest BCUT2D eigenvalue weighted by atomic mass is 10.1. The van der Waals surface area contributed by atoms with Gasteiger partial charge in [0.2, 0.25) is 5.91 Å². The van der Waals surface area contributed by atoms with Crippen molar-refractivity contribution < 1.29 is 4.79 Å². The topological polar surface area (TPSA) is 49.6 Å². The van der Waals surface area contributed by atoms with Crippen molar-refractivity contribution in [3.8, 4) is 0 Å². The maximum atomic E-state index is 11.8. The van der Waals surface area contributed by atoms with Gasteiger partial charge < -0.3 is 5.73 Å². The van der Waals surface area contributed by atoms with Crippen molar-refractivity contribution >= 4 is 5.91 Å². The smallest absolute Gasteiger partial charge is 0.238 e. The minimum absolute atomic E-state index is 0.172. The van der Waals surface area contributed by atoms with E-state index < -0.39 is 0 Å². The molecule has 2 N–H and O–H groups in total. The van der Waals surface area contributed by atoms with Gasteiger partial charge in [0, 0.05) is 32.1 Å². The van der Waals surface area contributed by atoms with E-state index in [-0.39, 0.29) is 11.9 Å².